The number of nitrogens with two attached hydrogens (primary N) is 1. The van der Waals surface area contributed by atoms with E-state index in [1.165, 1.54) is 19.3 Å². The zero-order chi connectivity index (χ0) is 14.7. The Morgan fingerprint density at radius 3 is 2.50 bits per heavy atom. The van der Waals surface area contributed by atoms with E-state index in [1.807, 2.05) is 0 Å². The van der Waals surface area contributed by atoms with Crippen molar-refractivity contribution in [3.8, 4) is 0 Å². The van der Waals surface area contributed by atoms with Crippen LogP contribution in [0.25, 0.3) is 0 Å². The van der Waals surface area contributed by atoms with Crippen molar-refractivity contribution in [2.45, 2.75) is 58.5 Å². The summed E-state index contributed by atoms with van der Waals surface area (Å²) in [4.78, 5) is 17.0. The van der Waals surface area contributed by atoms with Crippen LogP contribution in [0.5, 0.6) is 0 Å². The van der Waals surface area contributed by atoms with Gasteiger partial charge in [0, 0.05) is 25.2 Å². The SMILES string of the molecule is CC1CC(C)CN(C(=O)CN2CCCCC2C(C)N)C1. The van der Waals surface area contributed by atoms with Crippen molar-refractivity contribution in [3.05, 3.63) is 0 Å². The first-order valence-electron chi connectivity index (χ1n) is 8.24. The molecule has 0 aromatic rings. The van der Waals surface area contributed by atoms with Gasteiger partial charge >= 0.3 is 0 Å². The summed E-state index contributed by atoms with van der Waals surface area (Å²) in [5, 5.41) is 0. The van der Waals surface area contributed by atoms with Crippen LogP contribution in [0.2, 0.25) is 0 Å². The smallest absolute Gasteiger partial charge is 0.236 e. The monoisotopic (exact) mass is 281 g/mol. The zero-order valence-corrected chi connectivity index (χ0v) is 13.3. The van der Waals surface area contributed by atoms with E-state index >= 15 is 0 Å². The highest BCUT2D eigenvalue weighted by atomic mass is 16.2. The molecule has 0 aromatic carbocycles. The highest BCUT2D eigenvalue weighted by Gasteiger charge is 2.30. The highest BCUT2D eigenvalue weighted by molar-refractivity contribution is 5.78. The number of piperidine rings is 2. The van der Waals surface area contributed by atoms with Crippen molar-refractivity contribution in [2.24, 2.45) is 17.6 Å². The molecule has 2 heterocycles. The molecule has 116 valence electrons. The van der Waals surface area contributed by atoms with Gasteiger partial charge < -0.3 is 10.6 Å². The first-order chi connectivity index (χ1) is 9.47. The average molecular weight is 281 g/mol. The molecule has 4 atom stereocenters. The molecule has 0 bridgehead atoms. The highest BCUT2D eigenvalue weighted by Crippen LogP contribution is 2.23. The standard InChI is InChI=1S/C16H31N3O/c1-12-8-13(2)10-19(9-12)16(20)11-18-7-5-4-6-15(18)14(3)17/h12-15H,4-11,17H2,1-3H3. The Morgan fingerprint density at radius 2 is 1.90 bits per heavy atom. The van der Waals surface area contributed by atoms with E-state index < -0.39 is 0 Å². The third-order valence-corrected chi connectivity index (χ3v) is 4.83. The summed E-state index contributed by atoms with van der Waals surface area (Å²) in [6, 6.07) is 0.537. The van der Waals surface area contributed by atoms with E-state index in [-0.39, 0.29) is 6.04 Å². The second-order valence-corrected chi connectivity index (χ2v) is 7.14. The zero-order valence-electron chi connectivity index (χ0n) is 13.3. The van der Waals surface area contributed by atoms with Gasteiger partial charge in [-0.25, -0.2) is 0 Å². The summed E-state index contributed by atoms with van der Waals surface area (Å²) in [7, 11) is 0. The Balaban J connectivity index is 1.92. The molecule has 2 fully saturated rings. The van der Waals surface area contributed by atoms with Crippen LogP contribution in [0.4, 0.5) is 0 Å². The fourth-order valence-electron chi connectivity index (χ4n) is 3.95. The number of nitrogens with zero attached hydrogens (tertiary/aromatic N) is 2. The maximum atomic E-state index is 12.6. The minimum Gasteiger partial charge on any atom is -0.341 e. The third-order valence-electron chi connectivity index (χ3n) is 4.83. The second-order valence-electron chi connectivity index (χ2n) is 7.14. The van der Waals surface area contributed by atoms with Crippen LogP contribution in [0.3, 0.4) is 0 Å². The number of likely N-dealkylation sites (tertiary alicyclic amines) is 2. The van der Waals surface area contributed by atoms with E-state index in [0.717, 1.165) is 26.1 Å². The lowest BCUT2D eigenvalue weighted by atomic mass is 9.91. The van der Waals surface area contributed by atoms with Crippen molar-refractivity contribution in [1.29, 1.82) is 0 Å². The molecule has 0 aliphatic carbocycles. The number of carbonyl (C=O) groups is 1. The van der Waals surface area contributed by atoms with Crippen LogP contribution < -0.4 is 5.73 Å². The summed E-state index contributed by atoms with van der Waals surface area (Å²) in [6.45, 7) is 10.0. The molecule has 20 heavy (non-hydrogen) atoms. The molecule has 2 N–H and O–H groups in total. The Morgan fingerprint density at radius 1 is 1.25 bits per heavy atom. The predicted octanol–water partition coefficient (Wildman–Crippen LogP) is 1.69. The Bertz CT molecular complexity index is 322. The lowest BCUT2D eigenvalue weighted by Crippen LogP contribution is -2.54. The van der Waals surface area contributed by atoms with E-state index in [2.05, 4.69) is 30.6 Å². The first kappa shape index (κ1) is 15.8. The molecule has 2 aliphatic rings. The number of hydrogen-bond donors (Lipinski definition) is 1. The lowest BCUT2D eigenvalue weighted by Gasteiger charge is -2.40. The summed E-state index contributed by atoms with van der Waals surface area (Å²) in [6.07, 6.45) is 4.83. The summed E-state index contributed by atoms with van der Waals surface area (Å²) in [5.74, 6) is 1.57. The number of hydrogen-bond acceptors (Lipinski definition) is 3. The number of amides is 1. The normalized spacial score (nSPS) is 34.0. The Hall–Kier alpha value is -0.610. The molecule has 0 saturated carbocycles. The molecule has 4 nitrogen and oxygen atoms in total. The largest absolute Gasteiger partial charge is 0.341 e. The maximum absolute atomic E-state index is 12.6. The van der Waals surface area contributed by atoms with Gasteiger partial charge in [-0.05, 0) is 44.6 Å². The van der Waals surface area contributed by atoms with Crippen molar-refractivity contribution in [2.75, 3.05) is 26.2 Å². The van der Waals surface area contributed by atoms with Gasteiger partial charge in [-0.2, -0.15) is 0 Å². The fraction of sp³-hybridized carbons (Fsp3) is 0.938. The Labute approximate surface area is 123 Å². The molecule has 0 spiro atoms. The maximum Gasteiger partial charge on any atom is 0.236 e. The topological polar surface area (TPSA) is 49.6 Å². The summed E-state index contributed by atoms with van der Waals surface area (Å²) < 4.78 is 0. The lowest BCUT2D eigenvalue weighted by molar-refractivity contribution is -0.136. The molecule has 2 saturated heterocycles. The van der Waals surface area contributed by atoms with Crippen LogP contribution in [-0.2, 0) is 4.79 Å². The molecular weight excluding hydrogens is 250 g/mol. The molecule has 0 radical (unpaired) electrons. The molecule has 4 unspecified atom stereocenters. The molecular formula is C16H31N3O. The summed E-state index contributed by atoms with van der Waals surface area (Å²) >= 11 is 0. The molecule has 4 heteroatoms. The molecule has 0 aromatic heterocycles. The molecule has 1 amide bonds. The first-order valence-corrected chi connectivity index (χ1v) is 8.24. The minimum atomic E-state index is 0.155. The van der Waals surface area contributed by atoms with Crippen LogP contribution in [-0.4, -0.2) is 54.0 Å². The van der Waals surface area contributed by atoms with Crippen molar-refractivity contribution in [1.82, 2.24) is 9.80 Å². The van der Waals surface area contributed by atoms with E-state index in [4.69, 9.17) is 5.73 Å². The van der Waals surface area contributed by atoms with Gasteiger partial charge in [0.25, 0.3) is 0 Å². The average Bonchev–Trinajstić information content (AvgIpc) is 2.37. The van der Waals surface area contributed by atoms with E-state index in [0.29, 0.717) is 30.3 Å². The molecule has 2 aliphatic heterocycles. The van der Waals surface area contributed by atoms with Gasteiger partial charge in [0.05, 0.1) is 6.54 Å². The molecule has 2 rings (SSSR count). The van der Waals surface area contributed by atoms with Gasteiger partial charge in [-0.15, -0.1) is 0 Å². The third kappa shape index (κ3) is 3.95. The Kier molecular flexibility index (Phi) is 5.44. The predicted molar refractivity (Wildman–Crippen MR) is 82.4 cm³/mol. The van der Waals surface area contributed by atoms with Gasteiger partial charge in [-0.3, -0.25) is 9.69 Å². The van der Waals surface area contributed by atoms with E-state index in [1.54, 1.807) is 0 Å². The van der Waals surface area contributed by atoms with Crippen LogP contribution in [0, 0.1) is 11.8 Å². The fourth-order valence-corrected chi connectivity index (χ4v) is 3.95. The van der Waals surface area contributed by atoms with E-state index in [9.17, 15) is 4.79 Å². The van der Waals surface area contributed by atoms with Crippen LogP contribution in [0.15, 0.2) is 0 Å². The van der Waals surface area contributed by atoms with Crippen LogP contribution >= 0.6 is 0 Å². The van der Waals surface area contributed by atoms with Crippen molar-refractivity contribution >= 4 is 5.91 Å². The van der Waals surface area contributed by atoms with Crippen LogP contribution in [0.1, 0.15) is 46.5 Å². The van der Waals surface area contributed by atoms with Crippen molar-refractivity contribution in [3.63, 3.8) is 0 Å². The van der Waals surface area contributed by atoms with Gasteiger partial charge in [0.1, 0.15) is 0 Å². The summed E-state index contributed by atoms with van der Waals surface area (Å²) in [5.41, 5.74) is 6.09. The number of rotatable bonds is 3. The van der Waals surface area contributed by atoms with Gasteiger partial charge in [-0.1, -0.05) is 20.3 Å². The van der Waals surface area contributed by atoms with Gasteiger partial charge in [0.2, 0.25) is 5.91 Å². The van der Waals surface area contributed by atoms with Gasteiger partial charge in [0.15, 0.2) is 0 Å². The van der Waals surface area contributed by atoms with Crippen molar-refractivity contribution < 1.29 is 4.79 Å². The minimum absolute atomic E-state index is 0.155. The quantitative estimate of drug-likeness (QED) is 0.856. The second kappa shape index (κ2) is 6.90. The number of carbonyl (C=O) groups excluding carboxylic acids is 1.